The topological polar surface area (TPSA) is 91.2 Å². The Morgan fingerprint density at radius 3 is 2.80 bits per heavy atom. The maximum Gasteiger partial charge on any atom is 0.285 e. The Morgan fingerprint density at radius 1 is 1.25 bits per heavy atom. The molecule has 2 aromatic heterocycles. The average molecular weight is 271 g/mol. The van der Waals surface area contributed by atoms with Crippen LogP contribution in [0.2, 0.25) is 0 Å². The summed E-state index contributed by atoms with van der Waals surface area (Å²) < 4.78 is 6.68. The van der Waals surface area contributed by atoms with Crippen molar-refractivity contribution in [3.05, 3.63) is 69.0 Å². The van der Waals surface area contributed by atoms with E-state index in [1.807, 2.05) is 12.1 Å². The second-order valence-electron chi connectivity index (χ2n) is 4.19. The quantitative estimate of drug-likeness (QED) is 0.536. The van der Waals surface area contributed by atoms with Crippen LogP contribution in [0.15, 0.2) is 51.8 Å². The van der Waals surface area contributed by atoms with Crippen LogP contribution >= 0.6 is 0 Å². The summed E-state index contributed by atoms with van der Waals surface area (Å²) in [4.78, 5) is 26.1. The first-order valence-corrected chi connectivity index (χ1v) is 5.83. The Hall–Kier alpha value is -2.96. The summed E-state index contributed by atoms with van der Waals surface area (Å²) in [6, 6.07) is 9.53. The molecule has 0 atom stereocenters. The molecule has 0 radical (unpaired) electrons. The Kier molecular flexibility index (Phi) is 2.79. The number of oxazole rings is 1. The van der Waals surface area contributed by atoms with E-state index < -0.39 is 4.92 Å². The molecule has 3 rings (SSSR count). The van der Waals surface area contributed by atoms with E-state index in [-0.39, 0.29) is 17.8 Å². The van der Waals surface area contributed by atoms with Gasteiger partial charge in [0.25, 0.3) is 11.2 Å². The highest BCUT2D eigenvalue weighted by molar-refractivity contribution is 5.72. The van der Waals surface area contributed by atoms with Crippen molar-refractivity contribution in [2.45, 2.75) is 6.54 Å². The maximum atomic E-state index is 11.7. The van der Waals surface area contributed by atoms with Crippen LogP contribution in [-0.2, 0) is 6.54 Å². The van der Waals surface area contributed by atoms with Gasteiger partial charge in [-0.3, -0.25) is 19.5 Å². The van der Waals surface area contributed by atoms with Crippen LogP contribution in [-0.4, -0.2) is 14.5 Å². The maximum absolute atomic E-state index is 11.7. The number of para-hydroxylation sites is 2. The van der Waals surface area contributed by atoms with E-state index in [1.54, 1.807) is 12.1 Å². The van der Waals surface area contributed by atoms with Crippen LogP contribution in [0.1, 0.15) is 5.89 Å². The number of benzene rings is 1. The lowest BCUT2D eigenvalue weighted by Gasteiger charge is -2.01. The Labute approximate surface area is 112 Å². The van der Waals surface area contributed by atoms with Gasteiger partial charge in [0, 0.05) is 12.1 Å². The van der Waals surface area contributed by atoms with E-state index in [9.17, 15) is 14.9 Å². The third-order valence-electron chi connectivity index (χ3n) is 2.82. The molecular formula is C13H9N3O4. The van der Waals surface area contributed by atoms with Crippen molar-refractivity contribution in [2.75, 3.05) is 0 Å². The van der Waals surface area contributed by atoms with Crippen LogP contribution in [0, 0.1) is 10.1 Å². The van der Waals surface area contributed by atoms with E-state index in [1.165, 1.54) is 16.8 Å². The number of fused-ring (bicyclic) bond motifs is 1. The lowest BCUT2D eigenvalue weighted by molar-refractivity contribution is -0.385. The molecule has 0 aliphatic carbocycles. The minimum absolute atomic E-state index is 0.0508. The second-order valence-corrected chi connectivity index (χ2v) is 4.19. The molecule has 0 fully saturated rings. The van der Waals surface area contributed by atoms with Gasteiger partial charge in [-0.1, -0.05) is 12.1 Å². The van der Waals surface area contributed by atoms with Crippen molar-refractivity contribution < 1.29 is 9.34 Å². The molecule has 0 saturated carbocycles. The van der Waals surface area contributed by atoms with Crippen LogP contribution in [0.5, 0.6) is 0 Å². The number of pyridine rings is 1. The summed E-state index contributed by atoms with van der Waals surface area (Å²) in [7, 11) is 0. The van der Waals surface area contributed by atoms with Crippen LogP contribution in [0.3, 0.4) is 0 Å². The van der Waals surface area contributed by atoms with Crippen molar-refractivity contribution in [1.82, 2.24) is 9.55 Å². The first-order valence-electron chi connectivity index (χ1n) is 5.83. The van der Waals surface area contributed by atoms with Gasteiger partial charge < -0.3 is 4.42 Å². The molecule has 2 heterocycles. The molecule has 100 valence electrons. The van der Waals surface area contributed by atoms with Gasteiger partial charge in [0.2, 0.25) is 5.89 Å². The summed E-state index contributed by atoms with van der Waals surface area (Å²) in [6.07, 6.45) is 1.18. The highest BCUT2D eigenvalue weighted by Crippen LogP contribution is 2.15. The van der Waals surface area contributed by atoms with Crippen molar-refractivity contribution in [1.29, 1.82) is 0 Å². The molecule has 0 bridgehead atoms. The molecule has 3 aromatic rings. The Balaban J connectivity index is 2.00. The van der Waals surface area contributed by atoms with E-state index >= 15 is 0 Å². The number of rotatable bonds is 3. The van der Waals surface area contributed by atoms with E-state index in [4.69, 9.17) is 4.42 Å². The van der Waals surface area contributed by atoms with Gasteiger partial charge >= 0.3 is 0 Å². The van der Waals surface area contributed by atoms with E-state index in [2.05, 4.69) is 4.98 Å². The molecule has 7 heteroatoms. The Morgan fingerprint density at radius 2 is 2.05 bits per heavy atom. The normalized spacial score (nSPS) is 10.8. The van der Waals surface area contributed by atoms with E-state index in [0.717, 1.165) is 6.07 Å². The monoisotopic (exact) mass is 271 g/mol. The molecule has 0 N–H and O–H groups in total. The minimum Gasteiger partial charge on any atom is -0.439 e. The third-order valence-corrected chi connectivity index (χ3v) is 2.82. The van der Waals surface area contributed by atoms with Gasteiger partial charge in [-0.05, 0) is 12.1 Å². The zero-order valence-corrected chi connectivity index (χ0v) is 10.2. The number of hydrogen-bond donors (Lipinski definition) is 0. The zero-order valence-electron chi connectivity index (χ0n) is 10.2. The number of nitrogens with zero attached hydrogens (tertiary/aromatic N) is 3. The molecule has 1 aromatic carbocycles. The first kappa shape index (κ1) is 12.1. The number of nitro groups is 1. The lowest BCUT2D eigenvalue weighted by Crippen LogP contribution is -2.19. The van der Waals surface area contributed by atoms with Crippen LogP contribution in [0.25, 0.3) is 11.1 Å². The fourth-order valence-corrected chi connectivity index (χ4v) is 1.88. The summed E-state index contributed by atoms with van der Waals surface area (Å²) in [5.74, 6) is 0.328. The smallest absolute Gasteiger partial charge is 0.285 e. The first-order chi connectivity index (χ1) is 9.63. The van der Waals surface area contributed by atoms with Gasteiger partial charge in [-0.15, -0.1) is 0 Å². The molecule has 0 amide bonds. The average Bonchev–Trinajstić information content (AvgIpc) is 2.83. The largest absolute Gasteiger partial charge is 0.439 e. The minimum atomic E-state index is -0.554. The van der Waals surface area contributed by atoms with E-state index in [0.29, 0.717) is 17.0 Å². The Bertz CT molecular complexity index is 817. The van der Waals surface area contributed by atoms with Crippen molar-refractivity contribution in [2.24, 2.45) is 0 Å². The standard InChI is InChI=1S/C13H9N3O4/c17-13-6-5-9(16(18)19)7-15(13)8-12-14-10-3-1-2-4-11(10)20-12/h1-7H,8H2. The fourth-order valence-electron chi connectivity index (χ4n) is 1.88. The molecule has 20 heavy (non-hydrogen) atoms. The molecule has 0 saturated heterocycles. The molecule has 0 spiro atoms. The summed E-state index contributed by atoms with van der Waals surface area (Å²) in [5.41, 5.74) is 0.792. The molecule has 0 unspecified atom stereocenters. The third kappa shape index (κ3) is 2.16. The second kappa shape index (κ2) is 4.61. The summed E-state index contributed by atoms with van der Waals surface area (Å²) in [6.45, 7) is 0.0508. The van der Waals surface area contributed by atoms with Crippen LogP contribution < -0.4 is 5.56 Å². The predicted molar refractivity (Wildman–Crippen MR) is 70.5 cm³/mol. The fraction of sp³-hybridized carbons (Fsp3) is 0.0769. The molecule has 7 nitrogen and oxygen atoms in total. The van der Waals surface area contributed by atoms with Crippen molar-refractivity contribution in [3.8, 4) is 0 Å². The van der Waals surface area contributed by atoms with Gasteiger partial charge in [0.15, 0.2) is 5.58 Å². The van der Waals surface area contributed by atoms with Crippen molar-refractivity contribution in [3.63, 3.8) is 0 Å². The number of aromatic nitrogens is 2. The zero-order chi connectivity index (χ0) is 14.1. The molecular weight excluding hydrogens is 262 g/mol. The SMILES string of the molecule is O=c1ccc([N+](=O)[O-])cn1Cc1nc2ccccc2o1. The highest BCUT2D eigenvalue weighted by atomic mass is 16.6. The molecule has 0 aliphatic heterocycles. The summed E-state index contributed by atoms with van der Waals surface area (Å²) >= 11 is 0. The van der Waals surface area contributed by atoms with Crippen LogP contribution in [0.4, 0.5) is 5.69 Å². The predicted octanol–water partition coefficient (Wildman–Crippen LogP) is 1.95. The summed E-state index contributed by atoms with van der Waals surface area (Å²) in [5, 5.41) is 10.7. The number of hydrogen-bond acceptors (Lipinski definition) is 5. The van der Waals surface area contributed by atoms with Gasteiger partial charge in [0.05, 0.1) is 11.1 Å². The van der Waals surface area contributed by atoms with Crippen molar-refractivity contribution >= 4 is 16.8 Å². The van der Waals surface area contributed by atoms with Gasteiger partial charge in [-0.2, -0.15) is 0 Å². The molecule has 0 aliphatic rings. The lowest BCUT2D eigenvalue weighted by atomic mass is 10.3. The van der Waals surface area contributed by atoms with Gasteiger partial charge in [-0.25, -0.2) is 4.98 Å². The van der Waals surface area contributed by atoms with Gasteiger partial charge in [0.1, 0.15) is 12.1 Å². The highest BCUT2D eigenvalue weighted by Gasteiger charge is 2.11.